The minimum absolute atomic E-state index is 0.0152. The minimum Gasteiger partial charge on any atom is -0.481 e. The van der Waals surface area contributed by atoms with Crippen LogP contribution in [0.2, 0.25) is 0 Å². The van der Waals surface area contributed by atoms with Crippen molar-refractivity contribution < 1.29 is 44.1 Å². The number of carboxylic acids is 1. The molecular formula is C34H63N5O9. The van der Waals surface area contributed by atoms with Crippen LogP contribution in [0.3, 0.4) is 0 Å². The highest BCUT2D eigenvalue weighted by atomic mass is 16.4. The Bertz CT molecular complexity index is 1060. The molecule has 0 aromatic heterocycles. The summed E-state index contributed by atoms with van der Waals surface area (Å²) in [7, 11) is 0. The first-order valence-corrected chi connectivity index (χ1v) is 17.1. The summed E-state index contributed by atoms with van der Waals surface area (Å²) in [5, 5.41) is 43.9. The van der Waals surface area contributed by atoms with Crippen molar-refractivity contribution in [2.45, 2.75) is 151 Å². The van der Waals surface area contributed by atoms with E-state index in [9.17, 15) is 39.0 Å². The Kier molecular flexibility index (Phi) is 20.2. The lowest BCUT2D eigenvalue weighted by Gasteiger charge is -2.31. The monoisotopic (exact) mass is 685 g/mol. The van der Waals surface area contributed by atoms with E-state index < -0.39 is 84.9 Å². The first-order chi connectivity index (χ1) is 22.0. The summed E-state index contributed by atoms with van der Waals surface area (Å²) >= 11 is 0. The van der Waals surface area contributed by atoms with Crippen LogP contribution in [0.25, 0.3) is 0 Å². The van der Waals surface area contributed by atoms with E-state index in [1.807, 2.05) is 41.5 Å². The maximum atomic E-state index is 13.5. The zero-order chi connectivity index (χ0) is 37.5. The molecule has 0 aliphatic heterocycles. The molecule has 0 aliphatic rings. The predicted molar refractivity (Wildman–Crippen MR) is 182 cm³/mol. The van der Waals surface area contributed by atoms with E-state index in [4.69, 9.17) is 5.11 Å². The molecular weight excluding hydrogens is 622 g/mol. The number of aliphatic hydroxyl groups is 2. The number of carbonyl (C=O) groups is 6. The standard InChI is InChI=1S/C34H63N5O9/c1-17(2)12-23(37-33(47)31(21(9)10)39-34(48)30(20(7)8)38-27(42)14-19(5)6)25(40)15-28(43)35-22(11)32(46)36-24(13-18(3)4)26(41)16-29(44)45/h17-26,30-31,40-41H,12-16H2,1-11H3,(H,35,43)(H,36,46)(H,37,47)(H,38,42)(H,39,48)(H,44,45)/t22-,23+,24-,25-,26-,30-,31-/m0/s1. The minimum atomic E-state index is -1.33. The smallest absolute Gasteiger partial charge is 0.306 e. The van der Waals surface area contributed by atoms with Crippen molar-refractivity contribution in [3.05, 3.63) is 0 Å². The zero-order valence-corrected chi connectivity index (χ0v) is 30.8. The SMILES string of the molecule is CC(C)CC(=O)N[C@H](C(=O)N[C@H](C(=O)N[C@H](CC(C)C)[C@@H](O)CC(=O)N[C@@H](C)C(=O)N[C@@H](CC(C)C)[C@@H](O)CC(=O)O)C(C)C)C(C)C. The maximum absolute atomic E-state index is 13.5. The molecule has 8 N–H and O–H groups in total. The number of aliphatic carboxylic acids is 1. The van der Waals surface area contributed by atoms with Crippen molar-refractivity contribution in [3.63, 3.8) is 0 Å². The van der Waals surface area contributed by atoms with Crippen LogP contribution in [-0.2, 0) is 28.8 Å². The van der Waals surface area contributed by atoms with E-state index in [1.165, 1.54) is 6.92 Å². The van der Waals surface area contributed by atoms with Gasteiger partial charge in [-0.25, -0.2) is 0 Å². The number of hydrogen-bond donors (Lipinski definition) is 8. The second kappa shape index (κ2) is 21.7. The van der Waals surface area contributed by atoms with Gasteiger partial charge in [-0.2, -0.15) is 0 Å². The molecule has 14 nitrogen and oxygen atoms in total. The molecule has 0 aromatic carbocycles. The Morgan fingerprint density at radius 1 is 0.479 bits per heavy atom. The lowest BCUT2D eigenvalue weighted by Crippen LogP contribution is -2.59. The van der Waals surface area contributed by atoms with Gasteiger partial charge in [-0.05, 0) is 49.4 Å². The fourth-order valence-corrected chi connectivity index (χ4v) is 5.16. The largest absolute Gasteiger partial charge is 0.481 e. The fraction of sp³-hybridized carbons (Fsp3) is 0.824. The second-order valence-electron chi connectivity index (χ2n) is 14.8. The highest BCUT2D eigenvalue weighted by Crippen LogP contribution is 2.15. The first kappa shape index (κ1) is 44.7. The Hall–Kier alpha value is -3.26. The molecule has 0 saturated heterocycles. The van der Waals surface area contributed by atoms with Gasteiger partial charge < -0.3 is 41.9 Å². The quantitative estimate of drug-likeness (QED) is 0.0825. The van der Waals surface area contributed by atoms with Crippen molar-refractivity contribution in [2.75, 3.05) is 0 Å². The summed E-state index contributed by atoms with van der Waals surface area (Å²) in [4.78, 5) is 75.9. The van der Waals surface area contributed by atoms with Gasteiger partial charge in [-0.3, -0.25) is 28.8 Å². The first-order valence-electron chi connectivity index (χ1n) is 17.1. The van der Waals surface area contributed by atoms with Crippen LogP contribution in [0.15, 0.2) is 0 Å². The highest BCUT2D eigenvalue weighted by molar-refractivity contribution is 5.92. The van der Waals surface area contributed by atoms with Crippen LogP contribution < -0.4 is 26.6 Å². The Morgan fingerprint density at radius 2 is 0.875 bits per heavy atom. The third kappa shape index (κ3) is 17.8. The molecule has 0 radical (unpaired) electrons. The molecule has 0 bridgehead atoms. The average molecular weight is 686 g/mol. The maximum Gasteiger partial charge on any atom is 0.306 e. The van der Waals surface area contributed by atoms with Crippen LogP contribution >= 0.6 is 0 Å². The van der Waals surface area contributed by atoms with Crippen molar-refractivity contribution in [1.29, 1.82) is 0 Å². The van der Waals surface area contributed by atoms with Gasteiger partial charge in [0.1, 0.15) is 18.1 Å². The number of hydrogen-bond acceptors (Lipinski definition) is 8. The lowest BCUT2D eigenvalue weighted by molar-refractivity contribution is -0.140. The van der Waals surface area contributed by atoms with Gasteiger partial charge in [0.05, 0.1) is 37.1 Å². The summed E-state index contributed by atoms with van der Waals surface area (Å²) < 4.78 is 0. The molecule has 0 unspecified atom stereocenters. The van der Waals surface area contributed by atoms with Gasteiger partial charge in [0.25, 0.3) is 0 Å². The van der Waals surface area contributed by atoms with E-state index in [2.05, 4.69) is 26.6 Å². The van der Waals surface area contributed by atoms with Crippen LogP contribution in [0.1, 0.15) is 108 Å². The summed E-state index contributed by atoms with van der Waals surface area (Å²) in [6.07, 6.45) is -2.76. The Labute approximate surface area is 286 Å². The van der Waals surface area contributed by atoms with Crippen molar-refractivity contribution in [1.82, 2.24) is 26.6 Å². The molecule has 7 atom stereocenters. The molecule has 0 saturated carbocycles. The molecule has 0 heterocycles. The highest BCUT2D eigenvalue weighted by Gasteiger charge is 2.34. The number of carbonyl (C=O) groups excluding carboxylic acids is 5. The van der Waals surface area contributed by atoms with Crippen LogP contribution in [0, 0.1) is 29.6 Å². The number of rotatable bonds is 22. The average Bonchev–Trinajstić information content (AvgIpc) is 2.91. The number of amides is 5. The van der Waals surface area contributed by atoms with Gasteiger partial charge in [0, 0.05) is 6.42 Å². The zero-order valence-electron chi connectivity index (χ0n) is 30.8. The van der Waals surface area contributed by atoms with E-state index >= 15 is 0 Å². The summed E-state index contributed by atoms with van der Waals surface area (Å²) in [6, 6.07) is -4.61. The molecule has 0 spiro atoms. The third-order valence-electron chi connectivity index (χ3n) is 7.69. The van der Waals surface area contributed by atoms with Crippen molar-refractivity contribution >= 4 is 35.5 Å². The van der Waals surface area contributed by atoms with Crippen LogP contribution in [-0.4, -0.2) is 93.2 Å². The topological polar surface area (TPSA) is 223 Å². The summed E-state index contributed by atoms with van der Waals surface area (Å²) in [5.74, 6) is -4.25. The number of nitrogens with one attached hydrogen (secondary N) is 5. The predicted octanol–water partition coefficient (Wildman–Crippen LogP) is 1.47. The lowest BCUT2D eigenvalue weighted by atomic mass is 9.95. The second-order valence-corrected chi connectivity index (χ2v) is 14.8. The van der Waals surface area contributed by atoms with E-state index in [0.29, 0.717) is 12.8 Å². The normalized spacial score (nSPS) is 16.1. The van der Waals surface area contributed by atoms with Crippen molar-refractivity contribution in [2.24, 2.45) is 29.6 Å². The van der Waals surface area contributed by atoms with E-state index in [-0.39, 0.29) is 41.9 Å². The molecule has 0 fully saturated rings. The van der Waals surface area contributed by atoms with Crippen molar-refractivity contribution in [3.8, 4) is 0 Å². The van der Waals surface area contributed by atoms with Crippen LogP contribution in [0.4, 0.5) is 0 Å². The Balaban J connectivity index is 5.60. The Morgan fingerprint density at radius 3 is 1.29 bits per heavy atom. The number of aliphatic hydroxyl groups excluding tert-OH is 2. The van der Waals surface area contributed by atoms with Gasteiger partial charge >= 0.3 is 5.97 Å². The molecule has 0 rings (SSSR count). The molecule has 0 aliphatic carbocycles. The van der Waals surface area contributed by atoms with E-state index in [0.717, 1.165) is 0 Å². The third-order valence-corrected chi connectivity index (χ3v) is 7.69. The summed E-state index contributed by atoms with van der Waals surface area (Å²) in [5.41, 5.74) is 0. The number of carboxylic acid groups (broad SMARTS) is 1. The molecule has 0 aromatic rings. The fourth-order valence-electron chi connectivity index (χ4n) is 5.16. The van der Waals surface area contributed by atoms with Gasteiger partial charge in [0.15, 0.2) is 0 Å². The summed E-state index contributed by atoms with van der Waals surface area (Å²) in [6.45, 7) is 19.8. The van der Waals surface area contributed by atoms with Gasteiger partial charge in [0.2, 0.25) is 29.5 Å². The molecule has 48 heavy (non-hydrogen) atoms. The molecule has 14 heteroatoms. The van der Waals surface area contributed by atoms with Crippen LogP contribution in [0.5, 0.6) is 0 Å². The van der Waals surface area contributed by atoms with E-state index in [1.54, 1.807) is 27.7 Å². The van der Waals surface area contributed by atoms with Gasteiger partial charge in [-0.15, -0.1) is 0 Å². The van der Waals surface area contributed by atoms with Gasteiger partial charge in [-0.1, -0.05) is 69.2 Å². The molecule has 278 valence electrons. The molecule has 5 amide bonds.